The van der Waals surface area contributed by atoms with Gasteiger partial charge in [0.05, 0.1) is 13.3 Å². The number of carbonyl (C=O) groups excluding carboxylic acids is 1. The van der Waals surface area contributed by atoms with Gasteiger partial charge in [-0.2, -0.15) is 0 Å². The van der Waals surface area contributed by atoms with Gasteiger partial charge in [-0.25, -0.2) is 9.78 Å². The summed E-state index contributed by atoms with van der Waals surface area (Å²) >= 11 is 0. The highest BCUT2D eigenvalue weighted by Gasteiger charge is 2.25. The van der Waals surface area contributed by atoms with Crippen molar-refractivity contribution in [2.75, 3.05) is 38.2 Å². The van der Waals surface area contributed by atoms with Crippen LogP contribution < -0.4 is 4.90 Å². The second-order valence-corrected chi connectivity index (χ2v) is 5.30. The fraction of sp³-hybridized carbons (Fsp3) is 0.375. The van der Waals surface area contributed by atoms with Gasteiger partial charge < -0.3 is 24.1 Å². The van der Waals surface area contributed by atoms with E-state index in [0.29, 0.717) is 38.0 Å². The molecule has 0 radical (unpaired) electrons. The number of benzene rings is 1. The summed E-state index contributed by atoms with van der Waals surface area (Å²) in [6.07, 6.45) is 0.380. The summed E-state index contributed by atoms with van der Waals surface area (Å²) < 4.78 is 10.4. The minimum Gasteiger partial charge on any atom is -0.453 e. The van der Waals surface area contributed by atoms with Crippen LogP contribution in [0.1, 0.15) is 17.4 Å². The van der Waals surface area contributed by atoms with Gasteiger partial charge in [0, 0.05) is 26.2 Å². The molecule has 3 rings (SSSR count). The molecule has 0 saturated carbocycles. The highest BCUT2D eigenvalue weighted by molar-refractivity contribution is 5.67. The first-order chi connectivity index (χ1) is 11.2. The zero-order valence-corrected chi connectivity index (χ0v) is 12.9. The van der Waals surface area contributed by atoms with Crippen LogP contribution in [-0.4, -0.2) is 54.4 Å². The van der Waals surface area contributed by atoms with E-state index in [0.717, 1.165) is 5.56 Å². The molecule has 1 N–H and O–H groups in total. The Hall–Kier alpha value is -2.54. The maximum atomic E-state index is 11.5. The molecular formula is C16H19N3O4. The molecule has 7 nitrogen and oxygen atoms in total. The van der Waals surface area contributed by atoms with Gasteiger partial charge in [0.1, 0.15) is 6.10 Å². The van der Waals surface area contributed by atoms with Crippen molar-refractivity contribution >= 4 is 12.1 Å². The molecule has 1 saturated heterocycles. The highest BCUT2D eigenvalue weighted by atomic mass is 16.5. The fourth-order valence-corrected chi connectivity index (χ4v) is 2.56. The molecule has 1 fully saturated rings. The van der Waals surface area contributed by atoms with Crippen LogP contribution >= 0.6 is 0 Å². The summed E-state index contributed by atoms with van der Waals surface area (Å²) in [4.78, 5) is 19.3. The minimum absolute atomic E-state index is 0.322. The molecule has 1 unspecified atom stereocenters. The molecule has 1 aliphatic rings. The minimum atomic E-state index is -0.839. The first-order valence-corrected chi connectivity index (χ1v) is 7.45. The number of methoxy groups -OCH3 is 1. The number of amides is 1. The molecular weight excluding hydrogens is 298 g/mol. The second kappa shape index (κ2) is 6.70. The van der Waals surface area contributed by atoms with Crippen LogP contribution in [0.2, 0.25) is 0 Å². The third-order valence-electron chi connectivity index (χ3n) is 3.88. The molecule has 23 heavy (non-hydrogen) atoms. The lowest BCUT2D eigenvalue weighted by molar-refractivity contribution is 0.120. The van der Waals surface area contributed by atoms with Crippen LogP contribution in [0.15, 0.2) is 40.9 Å². The van der Waals surface area contributed by atoms with Gasteiger partial charge in [-0.3, -0.25) is 0 Å². The quantitative estimate of drug-likeness (QED) is 0.927. The van der Waals surface area contributed by atoms with Gasteiger partial charge in [-0.05, 0) is 5.56 Å². The van der Waals surface area contributed by atoms with E-state index in [9.17, 15) is 9.90 Å². The van der Waals surface area contributed by atoms with Gasteiger partial charge in [-0.15, -0.1) is 0 Å². The van der Waals surface area contributed by atoms with Crippen LogP contribution in [0.3, 0.4) is 0 Å². The number of piperazine rings is 1. The zero-order valence-electron chi connectivity index (χ0n) is 12.9. The number of hydrogen-bond acceptors (Lipinski definition) is 6. The SMILES string of the molecule is COC(=O)N1CCN(c2ncc(C(O)c3ccccc3)o2)CC1. The summed E-state index contributed by atoms with van der Waals surface area (Å²) in [5.74, 6) is 0.404. The summed E-state index contributed by atoms with van der Waals surface area (Å²) in [5, 5.41) is 10.3. The maximum absolute atomic E-state index is 11.5. The van der Waals surface area contributed by atoms with Crippen LogP contribution in [0, 0.1) is 0 Å². The number of oxazole rings is 1. The Balaban J connectivity index is 1.65. The summed E-state index contributed by atoms with van der Waals surface area (Å²) in [5.41, 5.74) is 0.755. The van der Waals surface area contributed by atoms with Crippen LogP contribution in [-0.2, 0) is 4.74 Å². The highest BCUT2D eigenvalue weighted by Crippen LogP contribution is 2.25. The molecule has 1 amide bonds. The topological polar surface area (TPSA) is 79.0 Å². The van der Waals surface area contributed by atoms with Crippen molar-refractivity contribution in [3.63, 3.8) is 0 Å². The number of rotatable bonds is 3. The number of carbonyl (C=O) groups is 1. The van der Waals surface area contributed by atoms with E-state index in [1.165, 1.54) is 7.11 Å². The van der Waals surface area contributed by atoms with E-state index in [1.54, 1.807) is 11.1 Å². The molecule has 7 heteroatoms. The smallest absolute Gasteiger partial charge is 0.409 e. The Morgan fingerprint density at radius 2 is 1.96 bits per heavy atom. The number of ether oxygens (including phenoxy) is 1. The Labute approximate surface area is 134 Å². The second-order valence-electron chi connectivity index (χ2n) is 5.30. The average molecular weight is 317 g/mol. The number of hydrogen-bond donors (Lipinski definition) is 1. The van der Waals surface area contributed by atoms with Gasteiger partial charge >= 0.3 is 6.09 Å². The van der Waals surface area contributed by atoms with Crippen LogP contribution in [0.5, 0.6) is 0 Å². The lowest BCUT2D eigenvalue weighted by atomic mass is 10.1. The van der Waals surface area contributed by atoms with E-state index in [-0.39, 0.29) is 6.09 Å². The van der Waals surface area contributed by atoms with E-state index in [1.807, 2.05) is 35.2 Å². The summed E-state index contributed by atoms with van der Waals surface area (Å²) in [7, 11) is 1.38. The van der Waals surface area contributed by atoms with Crippen LogP contribution in [0.4, 0.5) is 10.8 Å². The van der Waals surface area contributed by atoms with E-state index < -0.39 is 6.10 Å². The van der Waals surface area contributed by atoms with Crippen molar-refractivity contribution in [2.24, 2.45) is 0 Å². The maximum Gasteiger partial charge on any atom is 0.409 e. The Kier molecular flexibility index (Phi) is 4.47. The van der Waals surface area contributed by atoms with Gasteiger partial charge in [-0.1, -0.05) is 30.3 Å². The van der Waals surface area contributed by atoms with Crippen LogP contribution in [0.25, 0.3) is 0 Å². The molecule has 0 aliphatic carbocycles. The van der Waals surface area contributed by atoms with Crippen molar-refractivity contribution < 1.29 is 19.1 Å². The third kappa shape index (κ3) is 3.29. The van der Waals surface area contributed by atoms with Gasteiger partial charge in [0.2, 0.25) is 0 Å². The molecule has 1 aliphatic heterocycles. The standard InChI is InChI=1S/C16H19N3O4/c1-22-16(21)19-9-7-18(8-10-19)15-17-11-13(23-15)14(20)12-5-3-2-4-6-12/h2-6,11,14,20H,7-10H2,1H3. The largest absolute Gasteiger partial charge is 0.453 e. The number of anilines is 1. The number of aliphatic hydroxyl groups excluding tert-OH is 1. The summed E-state index contributed by atoms with van der Waals surface area (Å²) in [6, 6.07) is 9.75. The molecule has 1 atom stereocenters. The third-order valence-corrected chi connectivity index (χ3v) is 3.88. The van der Waals surface area contributed by atoms with E-state index in [4.69, 9.17) is 9.15 Å². The Bertz CT molecular complexity index is 650. The van der Waals surface area contributed by atoms with E-state index >= 15 is 0 Å². The lowest BCUT2D eigenvalue weighted by Gasteiger charge is -2.32. The number of aromatic nitrogens is 1. The summed E-state index contributed by atoms with van der Waals surface area (Å²) in [6.45, 7) is 2.31. The normalized spacial score (nSPS) is 16.3. The predicted molar refractivity (Wildman–Crippen MR) is 83.2 cm³/mol. The molecule has 0 spiro atoms. The first-order valence-electron chi connectivity index (χ1n) is 7.45. The molecule has 2 aromatic rings. The monoisotopic (exact) mass is 317 g/mol. The van der Waals surface area contributed by atoms with Crippen molar-refractivity contribution in [3.8, 4) is 0 Å². The number of nitrogens with zero attached hydrogens (tertiary/aromatic N) is 3. The fourth-order valence-electron chi connectivity index (χ4n) is 2.56. The van der Waals surface area contributed by atoms with Crippen molar-refractivity contribution in [2.45, 2.75) is 6.10 Å². The van der Waals surface area contributed by atoms with Crippen molar-refractivity contribution in [1.29, 1.82) is 0 Å². The molecule has 1 aromatic carbocycles. The molecule has 2 heterocycles. The van der Waals surface area contributed by atoms with Crippen molar-refractivity contribution in [3.05, 3.63) is 47.9 Å². The van der Waals surface area contributed by atoms with E-state index in [2.05, 4.69) is 4.98 Å². The molecule has 0 bridgehead atoms. The predicted octanol–water partition coefficient (Wildman–Crippen LogP) is 1.64. The van der Waals surface area contributed by atoms with Gasteiger partial charge in [0.25, 0.3) is 6.01 Å². The lowest BCUT2D eigenvalue weighted by Crippen LogP contribution is -2.48. The van der Waals surface area contributed by atoms with Crippen molar-refractivity contribution in [1.82, 2.24) is 9.88 Å². The van der Waals surface area contributed by atoms with Gasteiger partial charge in [0.15, 0.2) is 5.76 Å². The number of aliphatic hydroxyl groups is 1. The zero-order chi connectivity index (χ0) is 16.2. The first kappa shape index (κ1) is 15.4. The molecule has 122 valence electrons. The molecule has 1 aromatic heterocycles. The Morgan fingerprint density at radius 3 is 2.61 bits per heavy atom. The average Bonchev–Trinajstić information content (AvgIpc) is 3.11. The Morgan fingerprint density at radius 1 is 1.26 bits per heavy atom.